The molecule has 0 spiro atoms. The summed E-state index contributed by atoms with van der Waals surface area (Å²) in [6, 6.07) is 5.72. The predicted molar refractivity (Wildman–Crippen MR) is 89.3 cm³/mol. The van der Waals surface area contributed by atoms with Crippen molar-refractivity contribution in [3.63, 3.8) is 0 Å². The third-order valence-electron chi connectivity index (χ3n) is 3.50. The number of anilines is 1. The number of fused-ring (bicyclic) bond motifs is 1. The molecule has 3 aromatic heterocycles. The number of hydrogen-bond acceptors (Lipinski definition) is 3. The van der Waals surface area contributed by atoms with Gasteiger partial charge in [0.25, 0.3) is 5.91 Å². The largest absolute Gasteiger partial charge is 0.305 e. The van der Waals surface area contributed by atoms with Crippen LogP contribution in [0, 0.1) is 20.8 Å². The molecule has 0 radical (unpaired) electrons. The summed E-state index contributed by atoms with van der Waals surface area (Å²) in [5, 5.41) is 2.86. The highest BCUT2D eigenvalue weighted by Gasteiger charge is 2.19. The van der Waals surface area contributed by atoms with Crippen molar-refractivity contribution in [2.75, 3.05) is 5.32 Å². The van der Waals surface area contributed by atoms with Crippen LogP contribution in [0.25, 0.3) is 5.65 Å². The molecule has 3 aromatic rings. The van der Waals surface area contributed by atoms with E-state index in [4.69, 9.17) is 0 Å². The van der Waals surface area contributed by atoms with Gasteiger partial charge >= 0.3 is 0 Å². The van der Waals surface area contributed by atoms with Gasteiger partial charge in [-0.15, -0.1) is 0 Å². The minimum Gasteiger partial charge on any atom is -0.305 e. The van der Waals surface area contributed by atoms with Crippen LogP contribution in [-0.2, 0) is 0 Å². The van der Waals surface area contributed by atoms with Crippen molar-refractivity contribution in [2.24, 2.45) is 0 Å². The molecule has 1 N–H and O–H groups in total. The second-order valence-electron chi connectivity index (χ2n) is 5.20. The molecule has 0 saturated heterocycles. The van der Waals surface area contributed by atoms with Crippen LogP contribution in [0.3, 0.4) is 0 Å². The van der Waals surface area contributed by atoms with Crippen molar-refractivity contribution < 1.29 is 4.79 Å². The van der Waals surface area contributed by atoms with Crippen LogP contribution in [0.4, 0.5) is 5.82 Å². The van der Waals surface area contributed by atoms with E-state index in [9.17, 15) is 4.79 Å². The second kappa shape index (κ2) is 5.53. The number of aryl methyl sites for hydroxylation is 3. The number of hydrogen-bond donors (Lipinski definition) is 1. The summed E-state index contributed by atoms with van der Waals surface area (Å²) in [6.45, 7) is 5.71. The van der Waals surface area contributed by atoms with Crippen molar-refractivity contribution >= 4 is 33.3 Å². The van der Waals surface area contributed by atoms with Crippen molar-refractivity contribution in [1.29, 1.82) is 0 Å². The third kappa shape index (κ3) is 2.50. The Morgan fingerprint density at radius 2 is 2.05 bits per heavy atom. The minimum absolute atomic E-state index is 0.218. The lowest BCUT2D eigenvalue weighted by atomic mass is 10.2. The topological polar surface area (TPSA) is 59.3 Å². The fraction of sp³-hybridized carbons (Fsp3) is 0.188. The Morgan fingerprint density at radius 3 is 2.77 bits per heavy atom. The van der Waals surface area contributed by atoms with Crippen LogP contribution >= 0.6 is 15.9 Å². The average molecular weight is 359 g/mol. The number of nitrogens with one attached hydrogen (secondary N) is 1. The first kappa shape index (κ1) is 14.7. The van der Waals surface area contributed by atoms with Crippen molar-refractivity contribution in [1.82, 2.24) is 14.4 Å². The highest BCUT2D eigenvalue weighted by molar-refractivity contribution is 9.10. The number of amides is 1. The van der Waals surface area contributed by atoms with Gasteiger partial charge in [0.1, 0.15) is 17.2 Å². The van der Waals surface area contributed by atoms with E-state index in [1.807, 2.05) is 49.6 Å². The summed E-state index contributed by atoms with van der Waals surface area (Å²) >= 11 is 3.46. The Kier molecular flexibility index (Phi) is 3.70. The van der Waals surface area contributed by atoms with Crippen LogP contribution < -0.4 is 5.32 Å². The summed E-state index contributed by atoms with van der Waals surface area (Å²) in [7, 11) is 0. The Bertz CT molecular complexity index is 885. The van der Waals surface area contributed by atoms with Gasteiger partial charge in [-0.05, 0) is 60.0 Å². The highest BCUT2D eigenvalue weighted by Crippen LogP contribution is 2.21. The van der Waals surface area contributed by atoms with E-state index in [-0.39, 0.29) is 5.91 Å². The molecule has 0 fully saturated rings. The Labute approximate surface area is 136 Å². The van der Waals surface area contributed by atoms with Gasteiger partial charge in [0.15, 0.2) is 0 Å². The van der Waals surface area contributed by atoms with Gasteiger partial charge in [-0.1, -0.05) is 6.07 Å². The van der Waals surface area contributed by atoms with E-state index in [0.29, 0.717) is 17.2 Å². The standard InChI is InChI=1S/C16H15BrN4O/c1-9-5-4-6-18-14(9)20-16(22)13-11(3)19-15-10(2)7-12(17)8-21(13)15/h4-8H,1-3H3,(H,18,20,22). The molecule has 112 valence electrons. The zero-order chi connectivity index (χ0) is 15.9. The lowest BCUT2D eigenvalue weighted by Gasteiger charge is -2.08. The maximum Gasteiger partial charge on any atom is 0.275 e. The monoisotopic (exact) mass is 358 g/mol. The normalized spacial score (nSPS) is 10.9. The van der Waals surface area contributed by atoms with Gasteiger partial charge in [0.05, 0.1) is 5.69 Å². The van der Waals surface area contributed by atoms with Crippen molar-refractivity contribution in [3.8, 4) is 0 Å². The number of imidazole rings is 1. The molecule has 5 nitrogen and oxygen atoms in total. The van der Waals surface area contributed by atoms with E-state index in [1.165, 1.54) is 0 Å². The molecular formula is C16H15BrN4O. The Morgan fingerprint density at radius 1 is 1.27 bits per heavy atom. The Hall–Kier alpha value is -2.21. The van der Waals surface area contributed by atoms with Crippen LogP contribution in [-0.4, -0.2) is 20.3 Å². The molecule has 3 rings (SSSR count). The number of pyridine rings is 2. The molecular weight excluding hydrogens is 344 g/mol. The molecule has 0 aromatic carbocycles. The van der Waals surface area contributed by atoms with Gasteiger partial charge in [-0.3, -0.25) is 9.20 Å². The smallest absolute Gasteiger partial charge is 0.275 e. The summed E-state index contributed by atoms with van der Waals surface area (Å²) in [5.41, 5.74) is 3.91. The molecule has 1 amide bonds. The first-order chi connectivity index (χ1) is 10.5. The van der Waals surface area contributed by atoms with Crippen LogP contribution in [0.5, 0.6) is 0 Å². The molecule has 0 aliphatic rings. The summed E-state index contributed by atoms with van der Waals surface area (Å²) in [5.74, 6) is 0.345. The van der Waals surface area contributed by atoms with Crippen LogP contribution in [0.2, 0.25) is 0 Å². The van der Waals surface area contributed by atoms with E-state index >= 15 is 0 Å². The van der Waals surface area contributed by atoms with E-state index < -0.39 is 0 Å². The number of carbonyl (C=O) groups excluding carboxylic acids is 1. The molecule has 22 heavy (non-hydrogen) atoms. The SMILES string of the molecule is Cc1cccnc1NC(=O)c1c(C)nc2c(C)cc(Br)cn12. The molecule has 3 heterocycles. The molecule has 0 aliphatic carbocycles. The number of nitrogens with zero attached hydrogens (tertiary/aromatic N) is 3. The minimum atomic E-state index is -0.218. The van der Waals surface area contributed by atoms with E-state index in [2.05, 4.69) is 31.2 Å². The van der Waals surface area contributed by atoms with Crippen LogP contribution in [0.15, 0.2) is 35.1 Å². The number of rotatable bonds is 2. The average Bonchev–Trinajstić information content (AvgIpc) is 2.78. The Balaban J connectivity index is 2.08. The second-order valence-corrected chi connectivity index (χ2v) is 6.12. The van der Waals surface area contributed by atoms with E-state index in [0.717, 1.165) is 21.2 Å². The molecule has 0 aliphatic heterocycles. The zero-order valence-corrected chi connectivity index (χ0v) is 14.1. The first-order valence-electron chi connectivity index (χ1n) is 6.85. The van der Waals surface area contributed by atoms with Gasteiger partial charge in [0, 0.05) is 16.9 Å². The maximum absolute atomic E-state index is 12.7. The first-order valence-corrected chi connectivity index (χ1v) is 7.64. The molecule has 0 unspecified atom stereocenters. The number of carbonyl (C=O) groups is 1. The summed E-state index contributed by atoms with van der Waals surface area (Å²) in [6.07, 6.45) is 3.51. The summed E-state index contributed by atoms with van der Waals surface area (Å²) < 4.78 is 2.71. The molecule has 6 heteroatoms. The quantitative estimate of drug-likeness (QED) is 0.760. The lowest BCUT2D eigenvalue weighted by molar-refractivity contribution is 0.102. The van der Waals surface area contributed by atoms with Crippen molar-refractivity contribution in [2.45, 2.75) is 20.8 Å². The zero-order valence-electron chi connectivity index (χ0n) is 12.5. The molecule has 0 saturated carbocycles. The fourth-order valence-corrected chi connectivity index (χ4v) is 2.99. The third-order valence-corrected chi connectivity index (χ3v) is 3.94. The number of halogens is 1. The highest BCUT2D eigenvalue weighted by atomic mass is 79.9. The van der Waals surface area contributed by atoms with Gasteiger partial charge in [-0.25, -0.2) is 9.97 Å². The van der Waals surface area contributed by atoms with Gasteiger partial charge in [0.2, 0.25) is 0 Å². The molecule has 0 bridgehead atoms. The van der Waals surface area contributed by atoms with Crippen LogP contribution in [0.1, 0.15) is 27.3 Å². The van der Waals surface area contributed by atoms with E-state index in [1.54, 1.807) is 6.20 Å². The lowest BCUT2D eigenvalue weighted by Crippen LogP contribution is -2.17. The fourth-order valence-electron chi connectivity index (χ4n) is 2.44. The predicted octanol–water partition coefficient (Wildman–Crippen LogP) is 3.67. The molecule has 0 atom stereocenters. The summed E-state index contributed by atoms with van der Waals surface area (Å²) in [4.78, 5) is 21.4. The maximum atomic E-state index is 12.7. The van der Waals surface area contributed by atoms with Gasteiger partial charge < -0.3 is 5.32 Å². The van der Waals surface area contributed by atoms with Gasteiger partial charge in [-0.2, -0.15) is 0 Å². The van der Waals surface area contributed by atoms with Crippen molar-refractivity contribution in [3.05, 3.63) is 57.6 Å². The number of aromatic nitrogens is 3.